The third-order valence-electron chi connectivity index (χ3n) is 4.96. The molecule has 0 fully saturated rings. The van der Waals surface area contributed by atoms with E-state index >= 15 is 0 Å². The molecule has 168 valence electrons. The minimum Gasteiger partial charge on any atom is -0.495 e. The van der Waals surface area contributed by atoms with Crippen LogP contribution < -0.4 is 10.1 Å². The molecule has 1 aliphatic heterocycles. The first-order chi connectivity index (χ1) is 15.7. The second kappa shape index (κ2) is 8.38. The van der Waals surface area contributed by atoms with Gasteiger partial charge >= 0.3 is 0 Å². The normalized spacial score (nSPS) is 14.5. The molecule has 2 heterocycles. The number of hydrogen-bond acceptors (Lipinski definition) is 7. The molecule has 0 saturated heterocycles. The van der Waals surface area contributed by atoms with E-state index in [4.69, 9.17) is 9.57 Å². The summed E-state index contributed by atoms with van der Waals surface area (Å²) in [6.45, 7) is 3.24. The van der Waals surface area contributed by atoms with Gasteiger partial charge in [0.05, 0.1) is 30.8 Å². The summed E-state index contributed by atoms with van der Waals surface area (Å²) in [7, 11) is 1.44. The fourth-order valence-corrected chi connectivity index (χ4v) is 3.27. The highest BCUT2D eigenvalue weighted by molar-refractivity contribution is 6.50. The van der Waals surface area contributed by atoms with Gasteiger partial charge in [-0.1, -0.05) is 17.3 Å². The Balaban J connectivity index is 1.62. The summed E-state index contributed by atoms with van der Waals surface area (Å²) in [5.41, 5.74) is -0.351. The number of oxime groups is 1. The topological polar surface area (TPSA) is 103 Å². The van der Waals surface area contributed by atoms with Crippen LogP contribution in [-0.4, -0.2) is 40.1 Å². The number of halogens is 2. The highest BCUT2D eigenvalue weighted by Gasteiger charge is 2.41. The Labute approximate surface area is 187 Å². The Morgan fingerprint density at radius 3 is 2.27 bits per heavy atom. The van der Waals surface area contributed by atoms with Crippen molar-refractivity contribution >= 4 is 23.2 Å². The molecule has 4 rings (SSSR count). The molecule has 0 atom stereocenters. The van der Waals surface area contributed by atoms with Crippen LogP contribution in [0, 0.1) is 11.6 Å². The summed E-state index contributed by atoms with van der Waals surface area (Å²) in [6.07, 6.45) is 2.59. The maximum atomic E-state index is 13.8. The summed E-state index contributed by atoms with van der Waals surface area (Å²) in [4.78, 5) is 38.5. The number of benzene rings is 2. The van der Waals surface area contributed by atoms with E-state index in [-0.39, 0.29) is 17.3 Å². The molecule has 0 saturated carbocycles. The Kier molecular flexibility index (Phi) is 5.59. The molecule has 0 radical (unpaired) electrons. The number of nitrogens with one attached hydrogen (secondary N) is 1. The van der Waals surface area contributed by atoms with Crippen LogP contribution in [0.5, 0.6) is 5.75 Å². The van der Waals surface area contributed by atoms with Crippen LogP contribution in [0.15, 0.2) is 53.9 Å². The first-order valence-electron chi connectivity index (χ1n) is 9.79. The number of Topliss-reactive ketones (excluding diaryl/α,β-unsaturated/α-hetero) is 1. The highest BCUT2D eigenvalue weighted by atomic mass is 19.1. The van der Waals surface area contributed by atoms with Crippen molar-refractivity contribution in [1.29, 1.82) is 0 Å². The number of carbonyl (C=O) groups excluding carboxylic acids is 2. The van der Waals surface area contributed by atoms with Gasteiger partial charge in [-0.25, -0.2) is 13.8 Å². The van der Waals surface area contributed by atoms with Crippen molar-refractivity contribution in [2.24, 2.45) is 5.16 Å². The summed E-state index contributed by atoms with van der Waals surface area (Å²) < 4.78 is 33.2. The fourth-order valence-electron chi connectivity index (χ4n) is 3.27. The van der Waals surface area contributed by atoms with E-state index in [0.29, 0.717) is 22.6 Å². The van der Waals surface area contributed by atoms with Gasteiger partial charge in [0, 0.05) is 5.56 Å². The van der Waals surface area contributed by atoms with Crippen LogP contribution in [0.1, 0.15) is 29.8 Å². The smallest absolute Gasteiger partial charge is 0.262 e. The van der Waals surface area contributed by atoms with E-state index in [0.717, 1.165) is 18.2 Å². The average molecular weight is 452 g/mol. The number of ether oxygens (including phenoxy) is 1. The van der Waals surface area contributed by atoms with Gasteiger partial charge in [-0.2, -0.15) is 0 Å². The van der Waals surface area contributed by atoms with Crippen LogP contribution in [0.4, 0.5) is 14.6 Å². The minimum atomic E-state index is -1.08. The molecule has 1 aromatic heterocycles. The number of aromatic nitrogens is 2. The Hall–Kier alpha value is -4.21. The molecule has 33 heavy (non-hydrogen) atoms. The number of para-hydroxylation sites is 1. The van der Waals surface area contributed by atoms with Gasteiger partial charge < -0.3 is 14.9 Å². The number of amides is 1. The van der Waals surface area contributed by atoms with E-state index < -0.39 is 28.7 Å². The molecule has 10 heteroatoms. The lowest BCUT2D eigenvalue weighted by Crippen LogP contribution is -2.33. The quantitative estimate of drug-likeness (QED) is 0.632. The third-order valence-corrected chi connectivity index (χ3v) is 4.96. The second-order valence-corrected chi connectivity index (χ2v) is 7.59. The zero-order valence-electron chi connectivity index (χ0n) is 17.8. The molecular weight excluding hydrogens is 434 g/mol. The standard InChI is InChI=1S/C23H18F2N4O4/c1-23(2)21(30)19(29-33-23)13-7-4-6-12(20(13)32-3)16-10-27-17(11-26-16)28-22(31)18-14(24)8-5-9-15(18)25/h4-11H,1-3H3,(H,27,28,31). The molecule has 0 spiro atoms. The van der Waals surface area contributed by atoms with Crippen molar-refractivity contribution in [3.63, 3.8) is 0 Å². The molecule has 2 aromatic carbocycles. The largest absolute Gasteiger partial charge is 0.495 e. The van der Waals surface area contributed by atoms with Crippen molar-refractivity contribution < 1.29 is 27.9 Å². The summed E-state index contributed by atoms with van der Waals surface area (Å²) in [5, 5.41) is 6.23. The van der Waals surface area contributed by atoms with Crippen molar-refractivity contribution in [3.05, 3.63) is 71.6 Å². The number of anilines is 1. The van der Waals surface area contributed by atoms with Gasteiger partial charge in [-0.05, 0) is 38.1 Å². The minimum absolute atomic E-state index is 0.00739. The van der Waals surface area contributed by atoms with Gasteiger partial charge in [-0.15, -0.1) is 0 Å². The molecule has 1 N–H and O–H groups in total. The fraction of sp³-hybridized carbons (Fsp3) is 0.174. The predicted molar refractivity (Wildman–Crippen MR) is 115 cm³/mol. The van der Waals surface area contributed by atoms with Crippen molar-refractivity contribution in [1.82, 2.24) is 9.97 Å². The van der Waals surface area contributed by atoms with Gasteiger partial charge in [-0.3, -0.25) is 14.6 Å². The van der Waals surface area contributed by atoms with Crippen LogP contribution in [0.25, 0.3) is 11.3 Å². The first kappa shape index (κ1) is 22.0. The van der Waals surface area contributed by atoms with Gasteiger partial charge in [0.25, 0.3) is 5.91 Å². The zero-order valence-corrected chi connectivity index (χ0v) is 17.8. The maximum Gasteiger partial charge on any atom is 0.262 e. The van der Waals surface area contributed by atoms with Crippen LogP contribution in [0.2, 0.25) is 0 Å². The van der Waals surface area contributed by atoms with Gasteiger partial charge in [0.2, 0.25) is 5.78 Å². The van der Waals surface area contributed by atoms with E-state index in [1.165, 1.54) is 19.5 Å². The van der Waals surface area contributed by atoms with Crippen LogP contribution in [-0.2, 0) is 9.63 Å². The van der Waals surface area contributed by atoms with Crippen LogP contribution >= 0.6 is 0 Å². The SMILES string of the molecule is COc1c(C2=NOC(C)(C)C2=O)cccc1-c1cnc(NC(=O)c2c(F)cccc2F)cn1. The van der Waals surface area contributed by atoms with Crippen molar-refractivity contribution in [3.8, 4) is 17.0 Å². The molecule has 0 bridgehead atoms. The average Bonchev–Trinajstić information content (AvgIpc) is 3.06. The molecule has 8 nitrogen and oxygen atoms in total. The monoisotopic (exact) mass is 452 g/mol. The summed E-state index contributed by atoms with van der Waals surface area (Å²) in [6, 6.07) is 8.22. The molecule has 1 amide bonds. The lowest BCUT2D eigenvalue weighted by Gasteiger charge is -2.14. The van der Waals surface area contributed by atoms with E-state index in [1.807, 2.05) is 0 Å². The number of hydrogen-bond donors (Lipinski definition) is 1. The molecule has 3 aromatic rings. The zero-order chi connectivity index (χ0) is 23.8. The third kappa shape index (κ3) is 4.02. The highest BCUT2D eigenvalue weighted by Crippen LogP contribution is 2.35. The Morgan fingerprint density at radius 1 is 1.03 bits per heavy atom. The van der Waals surface area contributed by atoms with Crippen molar-refractivity contribution in [2.45, 2.75) is 19.4 Å². The van der Waals surface area contributed by atoms with E-state index in [9.17, 15) is 18.4 Å². The second-order valence-electron chi connectivity index (χ2n) is 7.59. The Morgan fingerprint density at radius 2 is 1.70 bits per heavy atom. The first-order valence-corrected chi connectivity index (χ1v) is 9.79. The van der Waals surface area contributed by atoms with Crippen LogP contribution in [0.3, 0.4) is 0 Å². The lowest BCUT2D eigenvalue weighted by molar-refractivity contribution is -0.128. The number of ketones is 1. The number of nitrogens with zero attached hydrogens (tertiary/aromatic N) is 3. The lowest BCUT2D eigenvalue weighted by atomic mass is 9.94. The number of rotatable bonds is 5. The Bertz CT molecular complexity index is 1270. The molecule has 0 unspecified atom stereocenters. The molecule has 1 aliphatic rings. The maximum absolute atomic E-state index is 13.8. The molecule has 0 aliphatic carbocycles. The van der Waals surface area contributed by atoms with E-state index in [2.05, 4.69) is 20.4 Å². The molecular formula is C23H18F2N4O4. The summed E-state index contributed by atoms with van der Waals surface area (Å²) in [5.74, 6) is -2.93. The van der Waals surface area contributed by atoms with Gasteiger partial charge in [0.15, 0.2) is 17.1 Å². The van der Waals surface area contributed by atoms with Crippen molar-refractivity contribution in [2.75, 3.05) is 12.4 Å². The number of carbonyl (C=O) groups is 2. The number of methoxy groups -OCH3 is 1. The predicted octanol–water partition coefficient (Wildman–Crippen LogP) is 3.76. The summed E-state index contributed by atoms with van der Waals surface area (Å²) >= 11 is 0. The van der Waals surface area contributed by atoms with Gasteiger partial charge in [0.1, 0.15) is 22.9 Å². The van der Waals surface area contributed by atoms with E-state index in [1.54, 1.807) is 32.0 Å².